The fourth-order valence-electron chi connectivity index (χ4n) is 3.25. The van der Waals surface area contributed by atoms with E-state index in [1.165, 1.54) is 0 Å². The SMILES string of the molecule is CCC(=O)c1ccc(OCC(=O)N2CCC(Cc3noc(C)n3)CC2)cc1. The highest BCUT2D eigenvalue weighted by atomic mass is 16.5. The monoisotopic (exact) mass is 371 g/mol. The minimum absolute atomic E-state index is 0.00970. The number of carbonyl (C=O) groups excluding carboxylic acids is 2. The lowest BCUT2D eigenvalue weighted by Gasteiger charge is -2.31. The molecule has 1 aliphatic rings. The molecular formula is C20H25N3O4. The average Bonchev–Trinajstić information content (AvgIpc) is 3.11. The number of ketones is 1. The summed E-state index contributed by atoms with van der Waals surface area (Å²) in [5.74, 6) is 2.47. The second kappa shape index (κ2) is 8.79. The summed E-state index contributed by atoms with van der Waals surface area (Å²) >= 11 is 0. The van der Waals surface area contributed by atoms with Gasteiger partial charge < -0.3 is 14.2 Å². The van der Waals surface area contributed by atoms with Crippen LogP contribution in [0.5, 0.6) is 5.75 Å². The van der Waals surface area contributed by atoms with Gasteiger partial charge in [-0.2, -0.15) is 4.98 Å². The van der Waals surface area contributed by atoms with Gasteiger partial charge in [0.05, 0.1) is 0 Å². The first kappa shape index (κ1) is 19.1. The highest BCUT2D eigenvalue weighted by Crippen LogP contribution is 2.21. The Kier molecular flexibility index (Phi) is 6.21. The third-order valence-electron chi connectivity index (χ3n) is 4.87. The van der Waals surface area contributed by atoms with Crippen LogP contribution in [0, 0.1) is 12.8 Å². The molecule has 0 unspecified atom stereocenters. The van der Waals surface area contributed by atoms with Crippen LogP contribution in [0.4, 0.5) is 0 Å². The van der Waals surface area contributed by atoms with E-state index in [0.29, 0.717) is 42.6 Å². The molecule has 2 aromatic rings. The molecule has 7 heteroatoms. The molecule has 0 aliphatic carbocycles. The van der Waals surface area contributed by atoms with Crippen molar-refractivity contribution in [2.75, 3.05) is 19.7 Å². The number of hydrogen-bond donors (Lipinski definition) is 0. The number of likely N-dealkylation sites (tertiary alicyclic amines) is 1. The summed E-state index contributed by atoms with van der Waals surface area (Å²) in [5.41, 5.74) is 0.662. The molecule has 1 aromatic carbocycles. The Morgan fingerprint density at radius 1 is 1.22 bits per heavy atom. The Morgan fingerprint density at radius 3 is 2.52 bits per heavy atom. The van der Waals surface area contributed by atoms with Crippen LogP contribution in [-0.2, 0) is 11.2 Å². The Morgan fingerprint density at radius 2 is 1.93 bits per heavy atom. The van der Waals surface area contributed by atoms with Crippen LogP contribution < -0.4 is 4.74 Å². The molecule has 0 N–H and O–H groups in total. The smallest absolute Gasteiger partial charge is 0.260 e. The Hall–Kier alpha value is -2.70. The van der Waals surface area contributed by atoms with Crippen molar-refractivity contribution in [1.29, 1.82) is 0 Å². The van der Waals surface area contributed by atoms with Crippen LogP contribution in [0.3, 0.4) is 0 Å². The van der Waals surface area contributed by atoms with Crippen molar-refractivity contribution in [3.8, 4) is 5.75 Å². The Labute approximate surface area is 158 Å². The van der Waals surface area contributed by atoms with Crippen LogP contribution in [0.15, 0.2) is 28.8 Å². The van der Waals surface area contributed by atoms with Gasteiger partial charge in [0.25, 0.3) is 5.91 Å². The van der Waals surface area contributed by atoms with Gasteiger partial charge in [-0.15, -0.1) is 0 Å². The topological polar surface area (TPSA) is 85.5 Å². The van der Waals surface area contributed by atoms with Gasteiger partial charge in [0.2, 0.25) is 5.89 Å². The van der Waals surface area contributed by atoms with Crippen molar-refractivity contribution in [3.05, 3.63) is 41.5 Å². The van der Waals surface area contributed by atoms with Gasteiger partial charge in [-0.3, -0.25) is 9.59 Å². The largest absolute Gasteiger partial charge is 0.484 e. The Bertz CT molecular complexity index is 777. The summed E-state index contributed by atoms with van der Waals surface area (Å²) in [6, 6.07) is 6.93. The lowest BCUT2D eigenvalue weighted by Crippen LogP contribution is -2.41. The molecule has 1 fully saturated rings. The van der Waals surface area contributed by atoms with Crippen LogP contribution in [0.2, 0.25) is 0 Å². The molecular weight excluding hydrogens is 346 g/mol. The average molecular weight is 371 g/mol. The first-order valence-electron chi connectivity index (χ1n) is 9.38. The summed E-state index contributed by atoms with van der Waals surface area (Å²) in [6.45, 7) is 5.06. The van der Waals surface area contributed by atoms with Crippen LogP contribution in [-0.4, -0.2) is 46.4 Å². The van der Waals surface area contributed by atoms with E-state index in [-0.39, 0.29) is 18.3 Å². The molecule has 1 aromatic heterocycles. The van der Waals surface area contributed by atoms with Gasteiger partial charge in [0, 0.05) is 38.4 Å². The first-order chi connectivity index (χ1) is 13.0. The van der Waals surface area contributed by atoms with Gasteiger partial charge in [0.1, 0.15) is 5.75 Å². The molecule has 1 saturated heterocycles. The Balaban J connectivity index is 1.42. The van der Waals surface area contributed by atoms with Gasteiger partial charge in [0.15, 0.2) is 18.2 Å². The molecule has 3 rings (SSSR count). The number of nitrogens with zero attached hydrogens (tertiary/aromatic N) is 3. The van der Waals surface area contributed by atoms with Gasteiger partial charge in [-0.1, -0.05) is 12.1 Å². The fraction of sp³-hybridized carbons (Fsp3) is 0.500. The van der Waals surface area contributed by atoms with E-state index >= 15 is 0 Å². The second-order valence-corrected chi connectivity index (χ2v) is 6.85. The number of Topliss-reactive ketones (excluding diaryl/α,β-unsaturated/α-hetero) is 1. The predicted molar refractivity (Wildman–Crippen MR) is 98.6 cm³/mol. The van der Waals surface area contributed by atoms with Gasteiger partial charge >= 0.3 is 0 Å². The maximum absolute atomic E-state index is 12.4. The third kappa shape index (κ3) is 5.15. The zero-order chi connectivity index (χ0) is 19.2. The quantitative estimate of drug-likeness (QED) is 0.696. The molecule has 0 spiro atoms. The van der Waals surface area contributed by atoms with E-state index in [4.69, 9.17) is 9.26 Å². The highest BCUT2D eigenvalue weighted by molar-refractivity contribution is 5.95. The molecule has 0 radical (unpaired) electrons. The summed E-state index contributed by atoms with van der Waals surface area (Å²) in [7, 11) is 0. The normalized spacial score (nSPS) is 15.0. The number of benzene rings is 1. The van der Waals surface area contributed by atoms with E-state index in [2.05, 4.69) is 10.1 Å². The molecule has 1 aliphatic heterocycles. The van der Waals surface area contributed by atoms with Crippen molar-refractivity contribution < 1.29 is 18.8 Å². The van der Waals surface area contributed by atoms with Crippen LogP contribution in [0.25, 0.3) is 0 Å². The maximum Gasteiger partial charge on any atom is 0.260 e. The van der Waals surface area contributed by atoms with Crippen molar-refractivity contribution in [2.24, 2.45) is 5.92 Å². The van der Waals surface area contributed by atoms with Crippen LogP contribution >= 0.6 is 0 Å². The zero-order valence-electron chi connectivity index (χ0n) is 15.8. The van der Waals surface area contributed by atoms with Gasteiger partial charge in [-0.05, 0) is 43.0 Å². The van der Waals surface area contributed by atoms with E-state index < -0.39 is 0 Å². The molecule has 0 atom stereocenters. The summed E-state index contributed by atoms with van der Waals surface area (Å²) < 4.78 is 10.6. The van der Waals surface area contributed by atoms with Gasteiger partial charge in [-0.25, -0.2) is 0 Å². The summed E-state index contributed by atoms with van der Waals surface area (Å²) in [6.07, 6.45) is 3.11. The number of aromatic nitrogens is 2. The molecule has 7 nitrogen and oxygen atoms in total. The lowest BCUT2D eigenvalue weighted by atomic mass is 9.93. The summed E-state index contributed by atoms with van der Waals surface area (Å²) in [5, 5.41) is 3.94. The molecule has 0 bridgehead atoms. The van der Waals surface area contributed by atoms with E-state index in [9.17, 15) is 9.59 Å². The minimum atomic E-state index is -0.0161. The third-order valence-corrected chi connectivity index (χ3v) is 4.87. The molecule has 27 heavy (non-hydrogen) atoms. The standard InChI is InChI=1S/C20H25N3O4/c1-3-18(24)16-4-6-17(7-5-16)26-13-20(25)23-10-8-15(9-11-23)12-19-21-14(2)27-22-19/h4-7,15H,3,8-13H2,1-2H3. The number of amides is 1. The summed E-state index contributed by atoms with van der Waals surface area (Å²) in [4.78, 5) is 30.1. The number of hydrogen-bond acceptors (Lipinski definition) is 6. The lowest BCUT2D eigenvalue weighted by molar-refractivity contribution is -0.134. The molecule has 0 saturated carbocycles. The van der Waals surface area contributed by atoms with Crippen molar-refractivity contribution >= 4 is 11.7 Å². The van der Waals surface area contributed by atoms with Crippen molar-refractivity contribution in [3.63, 3.8) is 0 Å². The van der Waals surface area contributed by atoms with E-state index in [1.807, 2.05) is 11.8 Å². The fourth-order valence-corrected chi connectivity index (χ4v) is 3.25. The molecule has 144 valence electrons. The molecule has 1 amide bonds. The number of piperidine rings is 1. The minimum Gasteiger partial charge on any atom is -0.484 e. The maximum atomic E-state index is 12.4. The van der Waals surface area contributed by atoms with E-state index in [1.54, 1.807) is 31.2 Å². The highest BCUT2D eigenvalue weighted by Gasteiger charge is 2.24. The van der Waals surface area contributed by atoms with Crippen molar-refractivity contribution in [1.82, 2.24) is 15.0 Å². The van der Waals surface area contributed by atoms with Crippen molar-refractivity contribution in [2.45, 2.75) is 39.5 Å². The molecule has 2 heterocycles. The number of aryl methyl sites for hydroxylation is 1. The first-order valence-corrected chi connectivity index (χ1v) is 9.38. The number of carbonyl (C=O) groups is 2. The van der Waals surface area contributed by atoms with Crippen LogP contribution in [0.1, 0.15) is 48.3 Å². The van der Waals surface area contributed by atoms with E-state index in [0.717, 1.165) is 25.1 Å². The second-order valence-electron chi connectivity index (χ2n) is 6.85. The number of rotatable bonds is 7. The zero-order valence-corrected chi connectivity index (χ0v) is 15.8. The number of ether oxygens (including phenoxy) is 1. The predicted octanol–water partition coefficient (Wildman–Crippen LogP) is 2.83.